The minimum Gasteiger partial charge on any atom is -0.387 e. The van der Waals surface area contributed by atoms with Gasteiger partial charge in [-0.15, -0.1) is 0 Å². The topological polar surface area (TPSA) is 131 Å². The van der Waals surface area contributed by atoms with E-state index in [0.29, 0.717) is 6.42 Å². The summed E-state index contributed by atoms with van der Waals surface area (Å²) >= 11 is 0. The fraction of sp³-hybridized carbons (Fsp3) is 0.643. The first-order valence-corrected chi connectivity index (χ1v) is 21.2. The zero-order valence-electron chi connectivity index (χ0n) is 32.1. The predicted molar refractivity (Wildman–Crippen MR) is 216 cm³/mol. The molecule has 0 aliphatic carbocycles. The summed E-state index contributed by atoms with van der Waals surface area (Å²) in [5, 5.41) is 13.6. The van der Waals surface area contributed by atoms with Crippen LogP contribution < -0.4 is 11.1 Å². The molecular formula is C42H73N2O6P. The largest absolute Gasteiger partial charge is 0.472 e. The van der Waals surface area contributed by atoms with E-state index in [1.807, 2.05) is 6.08 Å². The number of hydrogen-bond acceptors (Lipinski definition) is 6. The molecule has 0 saturated carbocycles. The number of carbonyl (C=O) groups excluding carboxylic acids is 1. The highest BCUT2D eigenvalue weighted by Gasteiger charge is 2.26. The highest BCUT2D eigenvalue weighted by Crippen LogP contribution is 2.43. The van der Waals surface area contributed by atoms with Gasteiger partial charge in [0.25, 0.3) is 0 Å². The molecule has 0 saturated heterocycles. The SMILES string of the molecule is CC/C=C\C/C=C\C/C=C\C/C=C\C/C=C\CCCC(=O)NC(COP(=O)(O)OCCN)C(O)/C=C/CC/C=C/CCCCCCCCCCC. The van der Waals surface area contributed by atoms with Crippen LogP contribution in [0.5, 0.6) is 0 Å². The highest BCUT2D eigenvalue weighted by atomic mass is 31.2. The molecule has 0 heterocycles. The van der Waals surface area contributed by atoms with Crippen molar-refractivity contribution in [3.8, 4) is 0 Å². The number of nitrogens with one attached hydrogen (secondary N) is 1. The first-order valence-electron chi connectivity index (χ1n) is 19.7. The van der Waals surface area contributed by atoms with Gasteiger partial charge >= 0.3 is 7.82 Å². The number of carbonyl (C=O) groups is 1. The van der Waals surface area contributed by atoms with Gasteiger partial charge in [-0.05, 0) is 70.6 Å². The number of allylic oxidation sites excluding steroid dienone is 13. The Hall–Kier alpha value is -2.32. The zero-order valence-corrected chi connectivity index (χ0v) is 32.9. The Bertz CT molecular complexity index is 1070. The normalized spacial score (nSPS) is 15.2. The lowest BCUT2D eigenvalue weighted by Crippen LogP contribution is -2.45. The number of aliphatic hydroxyl groups is 1. The lowest BCUT2D eigenvalue weighted by atomic mass is 10.1. The molecule has 0 bridgehead atoms. The quantitative estimate of drug-likeness (QED) is 0.0290. The number of phosphoric ester groups is 1. The van der Waals surface area contributed by atoms with E-state index in [1.165, 1.54) is 57.8 Å². The van der Waals surface area contributed by atoms with Crippen LogP contribution in [0, 0.1) is 0 Å². The third kappa shape index (κ3) is 35.9. The number of amides is 1. The van der Waals surface area contributed by atoms with E-state index in [9.17, 15) is 19.4 Å². The fourth-order valence-electron chi connectivity index (χ4n) is 5.00. The van der Waals surface area contributed by atoms with Crippen LogP contribution in [0.15, 0.2) is 85.1 Å². The number of aliphatic hydroxyl groups excluding tert-OH is 1. The zero-order chi connectivity index (χ0) is 37.5. The lowest BCUT2D eigenvalue weighted by molar-refractivity contribution is -0.122. The molecule has 5 N–H and O–H groups in total. The van der Waals surface area contributed by atoms with Crippen LogP contribution in [0.3, 0.4) is 0 Å². The standard InChI is InChI=1S/C42H73N2O6P/c1-3-5-7-9-11-13-15-17-19-20-22-24-26-28-30-32-34-36-42(46)44-40(39-50-51(47,48)49-38-37-43)41(45)35-33-31-29-27-25-23-21-18-16-14-12-10-8-6-4-2/h5,7,11,13,17,19,22,24-25,27-28,30,33,35,40-41,45H,3-4,6,8-10,12,14-16,18,20-21,23,26,29,31-32,34,36-39,43H2,1-2H3,(H,44,46)(H,47,48)/b7-5-,13-11-,19-17-,24-22-,27-25+,30-28-,35-33+. The van der Waals surface area contributed by atoms with Crippen LogP contribution in [-0.2, 0) is 18.4 Å². The number of rotatable bonds is 35. The van der Waals surface area contributed by atoms with E-state index in [0.717, 1.165) is 57.8 Å². The summed E-state index contributed by atoms with van der Waals surface area (Å²) in [5.41, 5.74) is 5.35. The summed E-state index contributed by atoms with van der Waals surface area (Å²) in [6, 6.07) is -0.911. The smallest absolute Gasteiger partial charge is 0.387 e. The monoisotopic (exact) mass is 733 g/mol. The van der Waals surface area contributed by atoms with Crippen molar-refractivity contribution in [2.45, 2.75) is 154 Å². The molecule has 3 atom stereocenters. The second-order valence-electron chi connectivity index (χ2n) is 12.7. The molecule has 0 radical (unpaired) electrons. The molecule has 9 heteroatoms. The van der Waals surface area contributed by atoms with Crippen molar-refractivity contribution in [2.24, 2.45) is 5.73 Å². The van der Waals surface area contributed by atoms with Crippen molar-refractivity contribution >= 4 is 13.7 Å². The van der Waals surface area contributed by atoms with Gasteiger partial charge in [0.2, 0.25) is 5.91 Å². The van der Waals surface area contributed by atoms with Gasteiger partial charge in [-0.3, -0.25) is 13.8 Å². The maximum atomic E-state index is 12.7. The molecule has 292 valence electrons. The predicted octanol–water partition coefficient (Wildman–Crippen LogP) is 10.7. The third-order valence-corrected chi connectivity index (χ3v) is 8.94. The molecule has 0 fully saturated rings. The van der Waals surface area contributed by atoms with E-state index < -0.39 is 20.0 Å². The molecule has 3 unspecified atom stereocenters. The van der Waals surface area contributed by atoms with E-state index in [-0.39, 0.29) is 32.1 Å². The maximum absolute atomic E-state index is 12.7. The molecule has 1 amide bonds. The van der Waals surface area contributed by atoms with Crippen molar-refractivity contribution in [1.29, 1.82) is 0 Å². The van der Waals surface area contributed by atoms with Gasteiger partial charge in [0.1, 0.15) is 0 Å². The molecule has 0 rings (SSSR count). The minimum absolute atomic E-state index is 0.0605. The van der Waals surface area contributed by atoms with Crippen LogP contribution in [0.4, 0.5) is 0 Å². The van der Waals surface area contributed by atoms with Gasteiger partial charge in [0.15, 0.2) is 0 Å². The Kier molecular flexibility index (Phi) is 35.7. The van der Waals surface area contributed by atoms with Crippen LogP contribution >= 0.6 is 7.82 Å². The molecule has 8 nitrogen and oxygen atoms in total. The van der Waals surface area contributed by atoms with Gasteiger partial charge in [0, 0.05) is 13.0 Å². The maximum Gasteiger partial charge on any atom is 0.472 e. The Balaban J connectivity index is 4.48. The number of hydrogen-bond donors (Lipinski definition) is 4. The average Bonchev–Trinajstić information content (AvgIpc) is 3.12. The second-order valence-corrected chi connectivity index (χ2v) is 14.2. The summed E-state index contributed by atoms with van der Waals surface area (Å²) < 4.78 is 22.0. The summed E-state index contributed by atoms with van der Waals surface area (Å²) in [5.74, 6) is -0.265. The molecule has 0 aromatic carbocycles. The Morgan fingerprint density at radius 2 is 1.16 bits per heavy atom. The highest BCUT2D eigenvalue weighted by molar-refractivity contribution is 7.47. The molecule has 51 heavy (non-hydrogen) atoms. The van der Waals surface area contributed by atoms with Crippen LogP contribution in [-0.4, -0.2) is 47.8 Å². The van der Waals surface area contributed by atoms with Crippen LogP contribution in [0.1, 0.15) is 142 Å². The molecule has 0 aromatic rings. The van der Waals surface area contributed by atoms with Gasteiger partial charge in [0.05, 0.1) is 25.4 Å². The third-order valence-electron chi connectivity index (χ3n) is 7.95. The Morgan fingerprint density at radius 1 is 0.667 bits per heavy atom. The van der Waals surface area contributed by atoms with E-state index in [4.69, 9.17) is 14.8 Å². The van der Waals surface area contributed by atoms with Gasteiger partial charge in [-0.2, -0.15) is 0 Å². The number of phosphoric acid groups is 1. The van der Waals surface area contributed by atoms with Gasteiger partial charge in [-0.25, -0.2) is 4.57 Å². The summed E-state index contributed by atoms with van der Waals surface area (Å²) in [6.45, 7) is 3.92. The second kappa shape index (κ2) is 37.4. The Labute approximate surface area is 311 Å². The summed E-state index contributed by atoms with van der Waals surface area (Å²) in [4.78, 5) is 22.6. The number of nitrogens with two attached hydrogens (primary N) is 1. The molecular weight excluding hydrogens is 659 g/mol. The summed E-state index contributed by atoms with van der Waals surface area (Å²) in [6.07, 6.45) is 49.2. The molecule has 0 aliphatic heterocycles. The summed E-state index contributed by atoms with van der Waals surface area (Å²) in [7, 11) is -4.36. The average molecular weight is 733 g/mol. The number of unbranched alkanes of at least 4 members (excludes halogenated alkanes) is 11. The molecule has 0 aromatic heterocycles. The first kappa shape index (κ1) is 48.7. The van der Waals surface area contributed by atoms with Crippen molar-refractivity contribution in [2.75, 3.05) is 19.8 Å². The minimum atomic E-state index is -4.36. The fourth-order valence-corrected chi connectivity index (χ4v) is 5.76. The van der Waals surface area contributed by atoms with Crippen LogP contribution in [0.2, 0.25) is 0 Å². The van der Waals surface area contributed by atoms with Gasteiger partial charge in [-0.1, -0.05) is 150 Å². The lowest BCUT2D eigenvalue weighted by Gasteiger charge is -2.23. The molecule has 0 spiro atoms. The van der Waals surface area contributed by atoms with Gasteiger partial charge < -0.3 is 21.1 Å². The van der Waals surface area contributed by atoms with E-state index >= 15 is 0 Å². The van der Waals surface area contributed by atoms with Crippen molar-refractivity contribution < 1.29 is 28.4 Å². The Morgan fingerprint density at radius 3 is 1.75 bits per heavy atom. The van der Waals surface area contributed by atoms with Crippen molar-refractivity contribution in [3.63, 3.8) is 0 Å². The van der Waals surface area contributed by atoms with E-state index in [1.54, 1.807) is 6.08 Å². The molecule has 0 aliphatic rings. The van der Waals surface area contributed by atoms with Crippen molar-refractivity contribution in [1.82, 2.24) is 5.32 Å². The first-order chi connectivity index (χ1) is 24.9. The van der Waals surface area contributed by atoms with E-state index in [2.05, 4.69) is 92.1 Å². The van der Waals surface area contributed by atoms with Crippen molar-refractivity contribution in [3.05, 3.63) is 85.1 Å². The van der Waals surface area contributed by atoms with Crippen LogP contribution in [0.25, 0.3) is 0 Å².